The first-order valence-corrected chi connectivity index (χ1v) is 18.1. The molecule has 0 saturated heterocycles. The normalized spacial score (nSPS) is 11.4. The molecule has 0 aliphatic carbocycles. The highest BCUT2D eigenvalue weighted by Gasteiger charge is 2.31. The average molecular weight is 744 g/mol. The van der Waals surface area contributed by atoms with Crippen molar-refractivity contribution >= 4 is 21.8 Å². The van der Waals surface area contributed by atoms with E-state index in [1.807, 2.05) is 132 Å². The quantitative estimate of drug-likeness (QED) is 0.170. The summed E-state index contributed by atoms with van der Waals surface area (Å²) in [4.78, 5) is 10.1. The first kappa shape index (κ1) is 34.9. The van der Waals surface area contributed by atoms with Crippen LogP contribution in [0.2, 0.25) is 0 Å². The monoisotopic (exact) mass is 743 g/mol. The second kappa shape index (κ2) is 14.1. The molecular weight excluding hydrogens is 716 g/mol. The summed E-state index contributed by atoms with van der Waals surface area (Å²) >= 11 is 0. The largest absolute Gasteiger partial charge is 0.416 e. The third kappa shape index (κ3) is 6.46. The molecule has 0 saturated carbocycles. The summed E-state index contributed by atoms with van der Waals surface area (Å²) in [5, 5.41) is 20.6. The Bertz CT molecular complexity index is 2910. The number of rotatable bonds is 6. The Balaban J connectivity index is 1.41. The summed E-state index contributed by atoms with van der Waals surface area (Å²) < 4.78 is 44.5. The van der Waals surface area contributed by atoms with E-state index in [0.29, 0.717) is 50.1 Å². The van der Waals surface area contributed by atoms with E-state index in [2.05, 4.69) is 12.1 Å². The lowest BCUT2D eigenvalue weighted by Gasteiger charge is -2.21. The third-order valence-electron chi connectivity index (χ3n) is 10.1. The lowest BCUT2D eigenvalue weighted by molar-refractivity contribution is -0.137. The van der Waals surface area contributed by atoms with Crippen molar-refractivity contribution in [3.05, 3.63) is 187 Å². The van der Waals surface area contributed by atoms with Gasteiger partial charge < -0.3 is 4.57 Å². The van der Waals surface area contributed by atoms with Gasteiger partial charge in [0.05, 0.1) is 56.9 Å². The molecule has 2 heterocycles. The molecule has 0 bridgehead atoms. The molecule has 7 aromatic carbocycles. The van der Waals surface area contributed by atoms with E-state index in [9.17, 15) is 23.7 Å². The summed E-state index contributed by atoms with van der Waals surface area (Å²) in [6.45, 7) is 0. The van der Waals surface area contributed by atoms with Crippen LogP contribution < -0.4 is 0 Å². The first-order valence-electron chi connectivity index (χ1n) is 18.1. The number of alkyl halides is 3. The third-order valence-corrected chi connectivity index (χ3v) is 10.1. The number of aromatic nitrogens is 3. The Hall–Kier alpha value is -7.81. The van der Waals surface area contributed by atoms with Crippen LogP contribution >= 0.6 is 0 Å². The molecule has 2 aromatic heterocycles. The van der Waals surface area contributed by atoms with Crippen molar-refractivity contribution in [1.82, 2.24) is 14.5 Å². The Morgan fingerprint density at radius 2 is 0.965 bits per heavy atom. The number of hydrogen-bond donors (Lipinski definition) is 0. The van der Waals surface area contributed by atoms with E-state index in [1.165, 1.54) is 12.1 Å². The van der Waals surface area contributed by atoms with E-state index >= 15 is 0 Å². The van der Waals surface area contributed by atoms with Gasteiger partial charge in [-0.2, -0.15) is 23.7 Å². The molecule has 5 nitrogen and oxygen atoms in total. The molecule has 270 valence electrons. The molecule has 0 atom stereocenters. The van der Waals surface area contributed by atoms with Gasteiger partial charge in [-0.15, -0.1) is 0 Å². The Labute approximate surface area is 325 Å². The second-order valence-electron chi connectivity index (χ2n) is 13.6. The predicted octanol–water partition coefficient (Wildman–Crippen LogP) is 12.7. The number of nitriles is 2. The summed E-state index contributed by atoms with van der Waals surface area (Å²) in [5.41, 5.74) is 9.18. The summed E-state index contributed by atoms with van der Waals surface area (Å²) in [6.07, 6.45) is -4.53. The van der Waals surface area contributed by atoms with Crippen LogP contribution in [-0.2, 0) is 6.18 Å². The van der Waals surface area contributed by atoms with E-state index in [-0.39, 0.29) is 0 Å². The van der Waals surface area contributed by atoms with Gasteiger partial charge in [0.15, 0.2) is 5.82 Å². The van der Waals surface area contributed by atoms with Crippen molar-refractivity contribution in [2.24, 2.45) is 0 Å². The number of para-hydroxylation sites is 1. The molecule has 8 heteroatoms. The summed E-state index contributed by atoms with van der Waals surface area (Å²) in [5.74, 6) is 0.541. The standard InChI is InChI=1S/C49H28F3N5/c50-49(51,52)38-23-24-46-42(27-38)39-13-7-8-14-45(39)57(46)47-40(33-19-15-31(29-53)16-20-33)25-37(26-41(47)34-21-17-32(30-54)18-22-34)44-28-43(35-9-3-1-4-10-35)55-48(56-44)36-11-5-2-6-12-36/h1-28H. The van der Waals surface area contributed by atoms with Gasteiger partial charge in [-0.1, -0.05) is 103 Å². The molecule has 0 amide bonds. The highest BCUT2D eigenvalue weighted by molar-refractivity contribution is 6.11. The van der Waals surface area contributed by atoms with E-state index in [0.717, 1.165) is 50.7 Å². The molecule has 0 aliphatic rings. The minimum absolute atomic E-state index is 0.455. The van der Waals surface area contributed by atoms with Crippen molar-refractivity contribution in [2.45, 2.75) is 6.18 Å². The zero-order valence-electron chi connectivity index (χ0n) is 30.0. The molecule has 0 N–H and O–H groups in total. The SMILES string of the molecule is N#Cc1ccc(-c2cc(-c3cc(-c4ccccc4)nc(-c4ccccc4)n3)cc(-c3ccc(C#N)cc3)c2-n2c3ccccc3c3cc(C(F)(F)F)ccc32)cc1. The number of hydrogen-bond acceptors (Lipinski definition) is 4. The molecular formula is C49H28F3N5. The molecule has 0 unspecified atom stereocenters. The van der Waals surface area contributed by atoms with Crippen LogP contribution in [0.5, 0.6) is 0 Å². The van der Waals surface area contributed by atoms with Crippen molar-refractivity contribution in [2.75, 3.05) is 0 Å². The van der Waals surface area contributed by atoms with Crippen LogP contribution in [0.4, 0.5) is 13.2 Å². The average Bonchev–Trinajstić information content (AvgIpc) is 3.59. The summed E-state index contributed by atoms with van der Waals surface area (Å²) in [6, 6.07) is 55.9. The molecule has 0 fully saturated rings. The zero-order chi connectivity index (χ0) is 39.1. The van der Waals surface area contributed by atoms with Gasteiger partial charge in [0.25, 0.3) is 0 Å². The second-order valence-corrected chi connectivity index (χ2v) is 13.6. The molecule has 0 spiro atoms. The maximum absolute atomic E-state index is 14.2. The number of fused-ring (bicyclic) bond motifs is 3. The summed E-state index contributed by atoms with van der Waals surface area (Å²) in [7, 11) is 0. The molecule has 0 radical (unpaired) electrons. The Morgan fingerprint density at radius 3 is 1.53 bits per heavy atom. The van der Waals surface area contributed by atoms with Gasteiger partial charge in [-0.05, 0) is 77.9 Å². The molecule has 0 aliphatic heterocycles. The van der Waals surface area contributed by atoms with Crippen molar-refractivity contribution < 1.29 is 13.2 Å². The van der Waals surface area contributed by atoms with Crippen LogP contribution in [0.25, 0.3) is 83.6 Å². The van der Waals surface area contributed by atoms with Gasteiger partial charge in [0, 0.05) is 38.6 Å². The van der Waals surface area contributed by atoms with Gasteiger partial charge in [0.2, 0.25) is 0 Å². The predicted molar refractivity (Wildman–Crippen MR) is 218 cm³/mol. The number of nitrogens with zero attached hydrogens (tertiary/aromatic N) is 5. The van der Waals surface area contributed by atoms with Crippen LogP contribution in [0.3, 0.4) is 0 Å². The van der Waals surface area contributed by atoms with E-state index in [1.54, 1.807) is 24.3 Å². The first-order chi connectivity index (χ1) is 27.8. The van der Waals surface area contributed by atoms with Crippen LogP contribution in [0.1, 0.15) is 16.7 Å². The molecule has 9 rings (SSSR count). The smallest absolute Gasteiger partial charge is 0.308 e. The Kier molecular flexibility index (Phi) is 8.65. The minimum Gasteiger partial charge on any atom is -0.308 e. The number of halogens is 3. The maximum atomic E-state index is 14.2. The van der Waals surface area contributed by atoms with Gasteiger partial charge in [-0.25, -0.2) is 9.97 Å². The fourth-order valence-electron chi connectivity index (χ4n) is 7.37. The fourth-order valence-corrected chi connectivity index (χ4v) is 7.37. The van der Waals surface area contributed by atoms with Crippen molar-refractivity contribution in [3.63, 3.8) is 0 Å². The van der Waals surface area contributed by atoms with E-state index in [4.69, 9.17) is 9.97 Å². The van der Waals surface area contributed by atoms with Crippen LogP contribution in [0.15, 0.2) is 170 Å². The Morgan fingerprint density at radius 1 is 0.456 bits per heavy atom. The van der Waals surface area contributed by atoms with Gasteiger partial charge >= 0.3 is 6.18 Å². The van der Waals surface area contributed by atoms with Crippen LogP contribution in [-0.4, -0.2) is 14.5 Å². The lowest BCUT2D eigenvalue weighted by Crippen LogP contribution is -2.05. The maximum Gasteiger partial charge on any atom is 0.416 e. The lowest BCUT2D eigenvalue weighted by atomic mass is 9.91. The molecule has 9 aromatic rings. The number of benzene rings is 7. The fraction of sp³-hybridized carbons (Fsp3) is 0.0204. The van der Waals surface area contributed by atoms with Gasteiger partial charge in [-0.3, -0.25) is 0 Å². The highest BCUT2D eigenvalue weighted by atomic mass is 19.4. The van der Waals surface area contributed by atoms with Crippen molar-refractivity contribution in [1.29, 1.82) is 10.5 Å². The zero-order valence-corrected chi connectivity index (χ0v) is 30.0. The topological polar surface area (TPSA) is 78.3 Å². The van der Waals surface area contributed by atoms with Crippen molar-refractivity contribution in [3.8, 4) is 74.0 Å². The van der Waals surface area contributed by atoms with Gasteiger partial charge in [0.1, 0.15) is 0 Å². The minimum atomic E-state index is -4.53. The molecule has 57 heavy (non-hydrogen) atoms. The van der Waals surface area contributed by atoms with E-state index < -0.39 is 11.7 Å². The van der Waals surface area contributed by atoms with Crippen LogP contribution in [0, 0.1) is 22.7 Å². The highest BCUT2D eigenvalue weighted by Crippen LogP contribution is 2.45.